The highest BCUT2D eigenvalue weighted by Gasteiger charge is 2.30. The first-order valence-electron chi connectivity index (χ1n) is 5.31. The van der Waals surface area contributed by atoms with Crippen molar-refractivity contribution in [3.8, 4) is 0 Å². The van der Waals surface area contributed by atoms with E-state index in [1.54, 1.807) is 0 Å². The van der Waals surface area contributed by atoms with Gasteiger partial charge in [-0.25, -0.2) is 4.72 Å². The first kappa shape index (κ1) is 12.9. The number of hydrogen-bond donors (Lipinski definition) is 2. The van der Waals surface area contributed by atoms with E-state index in [9.17, 15) is 8.42 Å². The van der Waals surface area contributed by atoms with Crippen molar-refractivity contribution in [3.63, 3.8) is 0 Å². The average Bonchev–Trinajstić information content (AvgIpc) is 2.63. The smallest absolute Gasteiger partial charge is 0.279 e. The molecular weight excluding hydrogens is 216 g/mol. The van der Waals surface area contributed by atoms with Crippen LogP contribution in [0.5, 0.6) is 0 Å². The van der Waals surface area contributed by atoms with Gasteiger partial charge in [-0.3, -0.25) is 0 Å². The van der Waals surface area contributed by atoms with E-state index < -0.39 is 10.2 Å². The molecule has 1 aliphatic heterocycles. The summed E-state index contributed by atoms with van der Waals surface area (Å²) < 4.78 is 27.4. The number of nitrogens with one attached hydrogen (secondary N) is 1. The van der Waals surface area contributed by atoms with Gasteiger partial charge < -0.3 is 5.11 Å². The normalized spacial score (nSPS) is 23.9. The Balaban J connectivity index is 2.48. The van der Waals surface area contributed by atoms with Gasteiger partial charge in [-0.15, -0.1) is 0 Å². The number of hydrogen-bond acceptors (Lipinski definition) is 3. The Morgan fingerprint density at radius 3 is 2.67 bits per heavy atom. The van der Waals surface area contributed by atoms with Gasteiger partial charge in [0.1, 0.15) is 0 Å². The lowest BCUT2D eigenvalue weighted by atomic mass is 10.1. The highest BCUT2D eigenvalue weighted by Crippen LogP contribution is 2.17. The van der Waals surface area contributed by atoms with E-state index in [0.717, 1.165) is 6.42 Å². The molecule has 1 saturated heterocycles. The molecule has 1 heterocycles. The van der Waals surface area contributed by atoms with Crippen LogP contribution in [0.15, 0.2) is 0 Å². The Labute approximate surface area is 91.7 Å². The minimum absolute atomic E-state index is 0.0657. The lowest BCUT2D eigenvalue weighted by Gasteiger charge is -2.17. The highest BCUT2D eigenvalue weighted by atomic mass is 32.2. The molecule has 0 spiro atoms. The molecule has 1 rings (SSSR count). The van der Waals surface area contributed by atoms with Crippen LogP contribution in [0.25, 0.3) is 0 Å². The Morgan fingerprint density at radius 1 is 1.53 bits per heavy atom. The van der Waals surface area contributed by atoms with Crippen molar-refractivity contribution in [1.29, 1.82) is 0 Å². The Bertz CT molecular complexity index is 290. The highest BCUT2D eigenvalue weighted by molar-refractivity contribution is 7.87. The van der Waals surface area contributed by atoms with E-state index in [0.29, 0.717) is 25.6 Å². The van der Waals surface area contributed by atoms with Crippen molar-refractivity contribution in [2.75, 3.05) is 26.2 Å². The number of nitrogens with zero attached hydrogens (tertiary/aromatic N) is 1. The number of rotatable bonds is 5. The SMILES string of the molecule is CC(C)CNS(=O)(=O)N1CCC(CO)C1. The summed E-state index contributed by atoms with van der Waals surface area (Å²) in [7, 11) is -3.33. The molecular formula is C9H20N2O3S. The lowest BCUT2D eigenvalue weighted by molar-refractivity contribution is 0.233. The van der Waals surface area contributed by atoms with Crippen LogP contribution in [0.3, 0.4) is 0 Å². The second kappa shape index (κ2) is 5.25. The number of aliphatic hydroxyl groups excluding tert-OH is 1. The summed E-state index contributed by atoms with van der Waals surface area (Å²) in [5.74, 6) is 0.400. The third kappa shape index (κ3) is 3.71. The van der Waals surface area contributed by atoms with Crippen LogP contribution in [0.1, 0.15) is 20.3 Å². The van der Waals surface area contributed by atoms with E-state index in [1.165, 1.54) is 4.31 Å². The van der Waals surface area contributed by atoms with Gasteiger partial charge in [-0.2, -0.15) is 12.7 Å². The van der Waals surface area contributed by atoms with Gasteiger partial charge in [-0.05, 0) is 18.3 Å². The predicted octanol–water partition coefficient (Wildman–Crippen LogP) is -0.209. The van der Waals surface area contributed by atoms with Crippen LogP contribution in [0.2, 0.25) is 0 Å². The van der Waals surface area contributed by atoms with Crippen LogP contribution in [-0.4, -0.2) is 44.1 Å². The second-order valence-electron chi connectivity index (χ2n) is 4.44. The Morgan fingerprint density at radius 2 is 2.20 bits per heavy atom. The fraction of sp³-hybridized carbons (Fsp3) is 1.00. The summed E-state index contributed by atoms with van der Waals surface area (Å²) in [6.07, 6.45) is 0.749. The lowest BCUT2D eigenvalue weighted by Crippen LogP contribution is -2.40. The Kier molecular flexibility index (Phi) is 4.51. The minimum atomic E-state index is -3.33. The molecule has 0 saturated carbocycles. The minimum Gasteiger partial charge on any atom is -0.396 e. The summed E-state index contributed by atoms with van der Waals surface area (Å²) >= 11 is 0. The molecule has 90 valence electrons. The Hall–Kier alpha value is -0.170. The van der Waals surface area contributed by atoms with Crippen LogP contribution >= 0.6 is 0 Å². The molecule has 2 N–H and O–H groups in total. The van der Waals surface area contributed by atoms with E-state index in [2.05, 4.69) is 4.72 Å². The van der Waals surface area contributed by atoms with Crippen LogP contribution in [-0.2, 0) is 10.2 Å². The van der Waals surface area contributed by atoms with E-state index in [1.807, 2.05) is 13.8 Å². The maximum atomic E-state index is 11.7. The number of aliphatic hydroxyl groups is 1. The fourth-order valence-corrected chi connectivity index (χ4v) is 3.01. The molecule has 0 aliphatic carbocycles. The molecule has 5 nitrogen and oxygen atoms in total. The summed E-state index contributed by atoms with van der Waals surface area (Å²) in [5, 5.41) is 8.93. The predicted molar refractivity (Wildman–Crippen MR) is 58.5 cm³/mol. The topological polar surface area (TPSA) is 69.6 Å². The van der Waals surface area contributed by atoms with Crippen molar-refractivity contribution in [1.82, 2.24) is 9.03 Å². The largest absolute Gasteiger partial charge is 0.396 e. The molecule has 15 heavy (non-hydrogen) atoms. The third-order valence-corrected chi connectivity index (χ3v) is 4.06. The van der Waals surface area contributed by atoms with Gasteiger partial charge in [0, 0.05) is 26.2 Å². The van der Waals surface area contributed by atoms with E-state index in [4.69, 9.17) is 5.11 Å². The quantitative estimate of drug-likeness (QED) is 0.694. The molecule has 6 heteroatoms. The molecule has 1 aliphatic rings. The monoisotopic (exact) mass is 236 g/mol. The van der Waals surface area contributed by atoms with Crippen LogP contribution < -0.4 is 4.72 Å². The standard InChI is InChI=1S/C9H20N2O3S/c1-8(2)5-10-15(13,14)11-4-3-9(6-11)7-12/h8-10,12H,3-7H2,1-2H3. The van der Waals surface area contributed by atoms with Gasteiger partial charge in [0.05, 0.1) is 0 Å². The molecule has 0 amide bonds. The summed E-state index contributed by atoms with van der Waals surface area (Å²) in [5.41, 5.74) is 0. The van der Waals surface area contributed by atoms with Crippen molar-refractivity contribution < 1.29 is 13.5 Å². The second-order valence-corrected chi connectivity index (χ2v) is 6.20. The van der Waals surface area contributed by atoms with Gasteiger partial charge in [-0.1, -0.05) is 13.8 Å². The first-order valence-corrected chi connectivity index (χ1v) is 6.75. The third-order valence-electron chi connectivity index (χ3n) is 2.52. The van der Waals surface area contributed by atoms with Gasteiger partial charge in [0.25, 0.3) is 10.2 Å². The molecule has 1 fully saturated rings. The van der Waals surface area contributed by atoms with Gasteiger partial charge >= 0.3 is 0 Å². The average molecular weight is 236 g/mol. The van der Waals surface area contributed by atoms with Crippen molar-refractivity contribution in [2.24, 2.45) is 11.8 Å². The molecule has 0 aromatic carbocycles. The molecule has 0 bridgehead atoms. The zero-order valence-electron chi connectivity index (χ0n) is 9.31. The summed E-state index contributed by atoms with van der Waals surface area (Å²) in [6, 6.07) is 0. The summed E-state index contributed by atoms with van der Waals surface area (Å²) in [4.78, 5) is 0. The first-order chi connectivity index (χ1) is 6.95. The maximum absolute atomic E-state index is 11.7. The summed E-state index contributed by atoms with van der Waals surface area (Å²) in [6.45, 7) is 5.40. The zero-order chi connectivity index (χ0) is 11.5. The van der Waals surface area contributed by atoms with Crippen molar-refractivity contribution in [2.45, 2.75) is 20.3 Å². The van der Waals surface area contributed by atoms with Crippen LogP contribution in [0.4, 0.5) is 0 Å². The molecule has 0 aromatic rings. The van der Waals surface area contributed by atoms with Crippen LogP contribution in [0, 0.1) is 11.8 Å². The molecule has 0 radical (unpaired) electrons. The molecule has 1 unspecified atom stereocenters. The van der Waals surface area contributed by atoms with Crippen molar-refractivity contribution >= 4 is 10.2 Å². The molecule has 0 aromatic heterocycles. The van der Waals surface area contributed by atoms with E-state index >= 15 is 0 Å². The van der Waals surface area contributed by atoms with Gasteiger partial charge in [0.15, 0.2) is 0 Å². The van der Waals surface area contributed by atoms with E-state index in [-0.39, 0.29) is 12.5 Å². The molecule has 1 atom stereocenters. The van der Waals surface area contributed by atoms with Crippen molar-refractivity contribution in [3.05, 3.63) is 0 Å². The zero-order valence-corrected chi connectivity index (χ0v) is 10.1. The fourth-order valence-electron chi connectivity index (χ4n) is 1.53. The maximum Gasteiger partial charge on any atom is 0.279 e. The van der Waals surface area contributed by atoms with Gasteiger partial charge in [0.2, 0.25) is 0 Å².